The molecule has 0 aliphatic rings. The van der Waals surface area contributed by atoms with E-state index in [9.17, 15) is 9.59 Å². The molecular formula is C20H21ClN6O2S. The molecule has 0 radical (unpaired) electrons. The molecule has 0 aliphatic carbocycles. The van der Waals surface area contributed by atoms with Gasteiger partial charge in [-0.3, -0.25) is 19.7 Å². The van der Waals surface area contributed by atoms with Crippen LogP contribution in [0.5, 0.6) is 0 Å². The number of carbonyl (C=O) groups is 2. The number of hydrogen-bond acceptors (Lipinski definition) is 6. The fraction of sp³-hybridized carbons (Fsp3) is 0.250. The van der Waals surface area contributed by atoms with E-state index in [-0.39, 0.29) is 0 Å². The molecule has 0 saturated heterocycles. The molecule has 2 heterocycles. The van der Waals surface area contributed by atoms with Crippen LogP contribution in [-0.4, -0.2) is 43.5 Å². The number of thioether (sulfide) groups is 1. The van der Waals surface area contributed by atoms with Gasteiger partial charge >= 0.3 is 6.03 Å². The van der Waals surface area contributed by atoms with Gasteiger partial charge in [-0.25, -0.2) is 4.79 Å². The Morgan fingerprint density at radius 2 is 1.93 bits per heavy atom. The number of imide groups is 1. The number of aromatic nitrogens is 4. The van der Waals surface area contributed by atoms with Gasteiger partial charge in [0.15, 0.2) is 11.0 Å². The van der Waals surface area contributed by atoms with E-state index in [1.165, 1.54) is 11.8 Å². The van der Waals surface area contributed by atoms with Crippen LogP contribution in [0.3, 0.4) is 0 Å². The molecule has 1 aromatic carbocycles. The van der Waals surface area contributed by atoms with E-state index in [1.54, 1.807) is 26.2 Å². The number of nitrogens with one attached hydrogen (secondary N) is 2. The molecule has 3 amide bonds. The van der Waals surface area contributed by atoms with Crippen LogP contribution in [0, 0.1) is 6.92 Å². The third kappa shape index (κ3) is 4.80. The molecule has 156 valence electrons. The number of pyridine rings is 1. The van der Waals surface area contributed by atoms with Crippen LogP contribution in [0.2, 0.25) is 5.02 Å². The molecule has 0 bridgehead atoms. The lowest BCUT2D eigenvalue weighted by molar-refractivity contribution is -0.119. The van der Waals surface area contributed by atoms with Gasteiger partial charge in [-0.2, -0.15) is 0 Å². The number of amides is 3. The van der Waals surface area contributed by atoms with Crippen molar-refractivity contribution in [3.63, 3.8) is 0 Å². The number of benzene rings is 1. The first-order valence-electron chi connectivity index (χ1n) is 9.29. The van der Waals surface area contributed by atoms with Crippen LogP contribution in [0.4, 0.5) is 4.79 Å². The summed E-state index contributed by atoms with van der Waals surface area (Å²) < 4.78 is 1.86. The molecule has 3 rings (SSSR count). The van der Waals surface area contributed by atoms with E-state index in [0.29, 0.717) is 22.5 Å². The highest BCUT2D eigenvalue weighted by atomic mass is 35.5. The molecule has 0 spiro atoms. The average Bonchev–Trinajstić information content (AvgIpc) is 3.14. The molecule has 0 fully saturated rings. The quantitative estimate of drug-likeness (QED) is 0.563. The summed E-state index contributed by atoms with van der Waals surface area (Å²) in [7, 11) is 0. The summed E-state index contributed by atoms with van der Waals surface area (Å²) in [6.45, 7) is 5.82. The van der Waals surface area contributed by atoms with Crippen molar-refractivity contribution in [3.05, 3.63) is 53.3 Å². The van der Waals surface area contributed by atoms with Crippen LogP contribution >= 0.6 is 23.4 Å². The summed E-state index contributed by atoms with van der Waals surface area (Å²) in [4.78, 5) is 28.1. The SMILES string of the molecule is CCNC(=O)NC(=O)[C@H](C)Sc1nnc(-c2ccncc2)n1-c1cccc(Cl)c1C. The highest BCUT2D eigenvalue weighted by Crippen LogP contribution is 2.33. The molecule has 1 atom stereocenters. The number of rotatable bonds is 6. The van der Waals surface area contributed by atoms with Crippen LogP contribution in [0.25, 0.3) is 17.1 Å². The topological polar surface area (TPSA) is 102 Å². The summed E-state index contributed by atoms with van der Waals surface area (Å²) in [6.07, 6.45) is 3.35. The van der Waals surface area contributed by atoms with Crippen LogP contribution < -0.4 is 10.6 Å². The summed E-state index contributed by atoms with van der Waals surface area (Å²) >= 11 is 7.55. The Kier molecular flexibility index (Phi) is 7.07. The van der Waals surface area contributed by atoms with E-state index < -0.39 is 17.2 Å². The van der Waals surface area contributed by atoms with Crippen LogP contribution in [0.1, 0.15) is 19.4 Å². The Morgan fingerprint density at radius 1 is 1.20 bits per heavy atom. The molecule has 0 unspecified atom stereocenters. The van der Waals surface area contributed by atoms with Crippen molar-refractivity contribution in [2.75, 3.05) is 6.54 Å². The summed E-state index contributed by atoms with van der Waals surface area (Å²) in [5.74, 6) is 0.176. The molecule has 30 heavy (non-hydrogen) atoms. The first-order chi connectivity index (χ1) is 14.4. The zero-order valence-electron chi connectivity index (χ0n) is 16.7. The second-order valence-corrected chi connectivity index (χ2v) is 8.09. The second kappa shape index (κ2) is 9.73. The Hall–Kier alpha value is -2.91. The monoisotopic (exact) mass is 444 g/mol. The maximum absolute atomic E-state index is 12.4. The summed E-state index contributed by atoms with van der Waals surface area (Å²) in [6, 6.07) is 8.71. The lowest BCUT2D eigenvalue weighted by Crippen LogP contribution is -2.42. The van der Waals surface area contributed by atoms with Crippen molar-refractivity contribution in [1.82, 2.24) is 30.4 Å². The molecule has 2 N–H and O–H groups in total. The summed E-state index contributed by atoms with van der Waals surface area (Å²) in [5.41, 5.74) is 2.48. The van der Waals surface area contributed by atoms with Gasteiger partial charge < -0.3 is 5.32 Å². The summed E-state index contributed by atoms with van der Waals surface area (Å²) in [5, 5.41) is 14.0. The molecule has 0 aliphatic heterocycles. The first kappa shape index (κ1) is 21.8. The van der Waals surface area contributed by atoms with E-state index >= 15 is 0 Å². The third-order valence-electron chi connectivity index (χ3n) is 4.28. The zero-order valence-corrected chi connectivity index (χ0v) is 18.3. The van der Waals surface area contributed by atoms with Gasteiger partial charge in [0.05, 0.1) is 10.9 Å². The highest BCUT2D eigenvalue weighted by Gasteiger charge is 2.23. The fourth-order valence-electron chi connectivity index (χ4n) is 2.72. The molecule has 10 heteroatoms. The predicted molar refractivity (Wildman–Crippen MR) is 117 cm³/mol. The standard InChI is InChI=1S/C20H21ClN6O2S/c1-4-23-19(29)24-18(28)13(3)30-20-26-25-17(14-8-10-22-11-9-14)27(20)16-7-5-6-15(21)12(16)2/h5-11,13H,4H2,1-3H3,(H2,23,24,28,29)/t13-/m0/s1. The van der Waals surface area contributed by atoms with Crippen molar-refractivity contribution in [2.24, 2.45) is 0 Å². The van der Waals surface area contributed by atoms with Gasteiger partial charge in [-0.05, 0) is 50.6 Å². The van der Waals surface area contributed by atoms with Crippen molar-refractivity contribution in [1.29, 1.82) is 0 Å². The lowest BCUT2D eigenvalue weighted by Gasteiger charge is -2.15. The normalized spacial score (nSPS) is 11.7. The molecular weight excluding hydrogens is 424 g/mol. The Bertz CT molecular complexity index is 1060. The first-order valence-corrected chi connectivity index (χ1v) is 10.5. The van der Waals surface area contributed by atoms with Gasteiger partial charge in [0.25, 0.3) is 0 Å². The molecule has 3 aromatic rings. The van der Waals surface area contributed by atoms with Crippen molar-refractivity contribution in [2.45, 2.75) is 31.2 Å². The maximum Gasteiger partial charge on any atom is 0.321 e. The lowest BCUT2D eigenvalue weighted by atomic mass is 10.2. The van der Waals surface area contributed by atoms with Crippen molar-refractivity contribution >= 4 is 35.3 Å². The van der Waals surface area contributed by atoms with E-state index in [4.69, 9.17) is 11.6 Å². The largest absolute Gasteiger partial charge is 0.338 e. The van der Waals surface area contributed by atoms with E-state index in [0.717, 1.165) is 16.8 Å². The van der Waals surface area contributed by atoms with Crippen molar-refractivity contribution < 1.29 is 9.59 Å². The zero-order chi connectivity index (χ0) is 21.7. The van der Waals surface area contributed by atoms with Gasteiger partial charge in [-0.15, -0.1) is 10.2 Å². The van der Waals surface area contributed by atoms with Gasteiger partial charge in [-0.1, -0.05) is 29.4 Å². The third-order valence-corrected chi connectivity index (χ3v) is 5.73. The number of nitrogens with zero attached hydrogens (tertiary/aromatic N) is 4. The van der Waals surface area contributed by atoms with Gasteiger partial charge in [0.1, 0.15) is 0 Å². The van der Waals surface area contributed by atoms with Crippen LogP contribution in [-0.2, 0) is 4.79 Å². The number of urea groups is 1. The number of halogens is 1. The van der Waals surface area contributed by atoms with Crippen molar-refractivity contribution in [3.8, 4) is 17.1 Å². The molecule has 0 saturated carbocycles. The maximum atomic E-state index is 12.4. The molecule has 2 aromatic heterocycles. The Balaban J connectivity index is 1.99. The minimum absolute atomic E-state index is 0.422. The Morgan fingerprint density at radius 3 is 2.63 bits per heavy atom. The minimum Gasteiger partial charge on any atom is -0.338 e. The fourth-order valence-corrected chi connectivity index (χ4v) is 3.75. The number of carbonyl (C=O) groups excluding carboxylic acids is 2. The average molecular weight is 445 g/mol. The van der Waals surface area contributed by atoms with E-state index in [1.807, 2.05) is 41.8 Å². The second-order valence-electron chi connectivity index (χ2n) is 6.37. The van der Waals surface area contributed by atoms with E-state index in [2.05, 4.69) is 25.8 Å². The minimum atomic E-state index is -0.583. The Labute approximate surface area is 183 Å². The van der Waals surface area contributed by atoms with Crippen LogP contribution in [0.15, 0.2) is 47.9 Å². The highest BCUT2D eigenvalue weighted by molar-refractivity contribution is 8.00. The van der Waals surface area contributed by atoms with Gasteiger partial charge in [0.2, 0.25) is 5.91 Å². The van der Waals surface area contributed by atoms with Gasteiger partial charge in [0, 0.05) is 29.5 Å². The smallest absolute Gasteiger partial charge is 0.321 e. The number of hydrogen-bond donors (Lipinski definition) is 2. The predicted octanol–water partition coefficient (Wildman–Crippen LogP) is 3.62. The molecule has 8 nitrogen and oxygen atoms in total.